The molecule has 0 atom stereocenters. The number of hydrogen-bond donors (Lipinski definition) is 1. The molecule has 4 aromatic rings. The fourth-order valence-electron chi connectivity index (χ4n) is 3.92. The second-order valence-corrected chi connectivity index (χ2v) is 7.74. The number of hydrogen-bond acceptors (Lipinski definition) is 4. The van der Waals surface area contributed by atoms with E-state index in [0.717, 1.165) is 11.8 Å². The highest BCUT2D eigenvalue weighted by atomic mass is 19.1. The highest BCUT2D eigenvalue weighted by molar-refractivity contribution is 5.92. The van der Waals surface area contributed by atoms with Gasteiger partial charge >= 0.3 is 0 Å². The van der Waals surface area contributed by atoms with Crippen molar-refractivity contribution in [2.24, 2.45) is 0 Å². The van der Waals surface area contributed by atoms with Crippen molar-refractivity contribution in [2.75, 3.05) is 0 Å². The van der Waals surface area contributed by atoms with Crippen LogP contribution in [0.3, 0.4) is 0 Å². The van der Waals surface area contributed by atoms with E-state index in [9.17, 15) is 13.6 Å². The number of carbonyl (C=O) groups is 1. The molecule has 5 rings (SSSR count). The second kappa shape index (κ2) is 8.30. The van der Waals surface area contributed by atoms with Crippen LogP contribution in [0, 0.1) is 11.6 Å². The minimum atomic E-state index is -0.494. The molecule has 2 aromatic carbocycles. The SMILES string of the molecule is O=C(NC1CC(c2nnc(-c3ccccc3)n2-c2ccccc2F)C1)c1ccc(F)cn1. The van der Waals surface area contributed by atoms with E-state index in [1.807, 2.05) is 30.3 Å². The number of pyridine rings is 1. The summed E-state index contributed by atoms with van der Waals surface area (Å²) in [4.78, 5) is 16.2. The van der Waals surface area contributed by atoms with Gasteiger partial charge in [0.15, 0.2) is 5.82 Å². The zero-order chi connectivity index (χ0) is 22.1. The summed E-state index contributed by atoms with van der Waals surface area (Å²) in [6.45, 7) is 0. The lowest BCUT2D eigenvalue weighted by Gasteiger charge is -2.35. The van der Waals surface area contributed by atoms with Crippen LogP contribution in [-0.2, 0) is 0 Å². The van der Waals surface area contributed by atoms with Gasteiger partial charge in [0.05, 0.1) is 11.9 Å². The summed E-state index contributed by atoms with van der Waals surface area (Å²) in [5, 5.41) is 11.7. The van der Waals surface area contributed by atoms with Gasteiger partial charge in [-0.15, -0.1) is 10.2 Å². The van der Waals surface area contributed by atoms with Crippen molar-refractivity contribution in [1.82, 2.24) is 25.1 Å². The minimum Gasteiger partial charge on any atom is -0.348 e. The van der Waals surface area contributed by atoms with E-state index in [4.69, 9.17) is 0 Å². The second-order valence-electron chi connectivity index (χ2n) is 7.74. The first-order valence-corrected chi connectivity index (χ1v) is 10.3. The zero-order valence-electron chi connectivity index (χ0n) is 17.0. The molecule has 32 heavy (non-hydrogen) atoms. The van der Waals surface area contributed by atoms with E-state index < -0.39 is 5.82 Å². The number of amides is 1. The average molecular weight is 431 g/mol. The van der Waals surface area contributed by atoms with E-state index in [1.165, 1.54) is 18.2 Å². The monoisotopic (exact) mass is 431 g/mol. The maximum atomic E-state index is 14.7. The molecular weight excluding hydrogens is 412 g/mol. The molecule has 1 amide bonds. The molecule has 0 radical (unpaired) electrons. The summed E-state index contributed by atoms with van der Waals surface area (Å²) < 4.78 is 29.5. The number of rotatable bonds is 5. The number of benzene rings is 2. The van der Waals surface area contributed by atoms with Gasteiger partial charge < -0.3 is 5.32 Å². The molecule has 1 fully saturated rings. The Morgan fingerprint density at radius 3 is 2.41 bits per heavy atom. The van der Waals surface area contributed by atoms with Crippen molar-refractivity contribution in [3.63, 3.8) is 0 Å². The molecule has 1 aliphatic rings. The van der Waals surface area contributed by atoms with E-state index in [1.54, 1.807) is 22.8 Å². The minimum absolute atomic E-state index is 0.00560. The van der Waals surface area contributed by atoms with Gasteiger partial charge in [0.25, 0.3) is 5.91 Å². The molecule has 0 unspecified atom stereocenters. The quantitative estimate of drug-likeness (QED) is 0.512. The van der Waals surface area contributed by atoms with Gasteiger partial charge in [0, 0.05) is 17.5 Å². The van der Waals surface area contributed by atoms with Crippen LogP contribution >= 0.6 is 0 Å². The summed E-state index contributed by atoms with van der Waals surface area (Å²) in [7, 11) is 0. The molecule has 0 saturated heterocycles. The van der Waals surface area contributed by atoms with Gasteiger partial charge in [-0.3, -0.25) is 9.36 Å². The van der Waals surface area contributed by atoms with Crippen molar-refractivity contribution in [2.45, 2.75) is 24.8 Å². The normalized spacial score (nSPS) is 17.6. The molecule has 160 valence electrons. The van der Waals surface area contributed by atoms with Gasteiger partial charge in [-0.25, -0.2) is 13.8 Å². The Labute approximate surface area is 183 Å². The molecule has 1 N–H and O–H groups in total. The number of aromatic nitrogens is 4. The van der Waals surface area contributed by atoms with Gasteiger partial charge in [-0.05, 0) is 37.1 Å². The van der Waals surface area contributed by atoms with Crippen LogP contribution in [0.2, 0.25) is 0 Å². The summed E-state index contributed by atoms with van der Waals surface area (Å²) in [5.74, 6) is 0.0114. The first-order chi connectivity index (χ1) is 15.6. The van der Waals surface area contributed by atoms with Crippen LogP contribution in [-0.4, -0.2) is 31.7 Å². The number of nitrogens with one attached hydrogen (secondary N) is 1. The Morgan fingerprint density at radius 1 is 0.938 bits per heavy atom. The molecular formula is C24H19F2N5O. The highest BCUT2D eigenvalue weighted by Gasteiger charge is 2.36. The lowest BCUT2D eigenvalue weighted by atomic mass is 9.79. The third-order valence-electron chi connectivity index (χ3n) is 5.61. The predicted molar refractivity (Wildman–Crippen MR) is 114 cm³/mol. The van der Waals surface area contributed by atoms with Gasteiger partial charge in [-0.1, -0.05) is 42.5 Å². The fraction of sp³-hybridized carbons (Fsp3) is 0.167. The average Bonchev–Trinajstić information content (AvgIpc) is 3.21. The van der Waals surface area contributed by atoms with E-state index >= 15 is 0 Å². The number of para-hydroxylation sites is 1. The van der Waals surface area contributed by atoms with Crippen LogP contribution in [0.25, 0.3) is 17.1 Å². The lowest BCUT2D eigenvalue weighted by molar-refractivity contribution is 0.0902. The topological polar surface area (TPSA) is 72.7 Å². The van der Waals surface area contributed by atoms with E-state index in [2.05, 4.69) is 20.5 Å². The zero-order valence-corrected chi connectivity index (χ0v) is 17.0. The molecule has 6 nitrogen and oxygen atoms in total. The van der Waals surface area contributed by atoms with Crippen molar-refractivity contribution < 1.29 is 13.6 Å². The Balaban J connectivity index is 1.39. The van der Waals surface area contributed by atoms with Crippen LogP contribution in [0.5, 0.6) is 0 Å². The number of halogens is 2. The van der Waals surface area contributed by atoms with Crippen molar-refractivity contribution >= 4 is 5.91 Å². The molecule has 2 aromatic heterocycles. The summed E-state index contributed by atoms with van der Waals surface area (Å²) in [5.41, 5.74) is 1.38. The molecule has 8 heteroatoms. The summed E-state index contributed by atoms with van der Waals surface area (Å²) in [6, 6.07) is 18.5. The smallest absolute Gasteiger partial charge is 0.270 e. The standard InChI is InChI=1S/C24H19F2N5O/c25-17-10-11-20(27-14-17)24(32)28-18-12-16(13-18)23-30-29-22(15-6-2-1-3-7-15)31(23)21-9-5-4-8-19(21)26/h1-11,14,16,18H,12-13H2,(H,28,32). The number of nitrogens with zero attached hydrogens (tertiary/aromatic N) is 4. The molecule has 1 saturated carbocycles. The van der Waals surface area contributed by atoms with Crippen LogP contribution in [0.1, 0.15) is 35.1 Å². The highest BCUT2D eigenvalue weighted by Crippen LogP contribution is 2.39. The third-order valence-corrected chi connectivity index (χ3v) is 5.61. The van der Waals surface area contributed by atoms with Crippen LogP contribution in [0.15, 0.2) is 72.9 Å². The molecule has 2 heterocycles. The molecule has 0 spiro atoms. The van der Waals surface area contributed by atoms with Crippen molar-refractivity contribution in [3.05, 3.63) is 96.1 Å². The largest absolute Gasteiger partial charge is 0.348 e. The van der Waals surface area contributed by atoms with Crippen LogP contribution in [0.4, 0.5) is 8.78 Å². The van der Waals surface area contributed by atoms with Gasteiger partial charge in [-0.2, -0.15) is 0 Å². The van der Waals surface area contributed by atoms with Gasteiger partial charge in [0.1, 0.15) is 23.2 Å². The van der Waals surface area contributed by atoms with Gasteiger partial charge in [0.2, 0.25) is 0 Å². The first-order valence-electron chi connectivity index (χ1n) is 10.3. The van der Waals surface area contributed by atoms with E-state index in [0.29, 0.717) is 30.2 Å². The maximum Gasteiger partial charge on any atom is 0.270 e. The predicted octanol–water partition coefficient (Wildman–Crippen LogP) is 4.28. The maximum absolute atomic E-state index is 14.7. The Hall–Kier alpha value is -3.94. The Bertz CT molecular complexity index is 1250. The Morgan fingerprint density at radius 2 is 1.69 bits per heavy atom. The molecule has 0 aliphatic heterocycles. The summed E-state index contributed by atoms with van der Waals surface area (Å²) >= 11 is 0. The summed E-state index contributed by atoms with van der Waals surface area (Å²) in [6.07, 6.45) is 2.28. The first kappa shape index (κ1) is 20.0. The van der Waals surface area contributed by atoms with E-state index in [-0.39, 0.29) is 29.4 Å². The lowest BCUT2D eigenvalue weighted by Crippen LogP contribution is -2.44. The van der Waals surface area contributed by atoms with Crippen molar-refractivity contribution in [3.8, 4) is 17.1 Å². The van der Waals surface area contributed by atoms with Crippen LogP contribution < -0.4 is 5.32 Å². The van der Waals surface area contributed by atoms with Crippen molar-refractivity contribution in [1.29, 1.82) is 0 Å². The third kappa shape index (κ3) is 3.75. The molecule has 1 aliphatic carbocycles. The number of carbonyl (C=O) groups excluding carboxylic acids is 1. The molecule has 0 bridgehead atoms. The fourth-order valence-corrected chi connectivity index (χ4v) is 3.92. The Kier molecular flexibility index (Phi) is 5.18.